The number of nitrogen functional groups attached to an aromatic ring is 1. The zero-order valence-electron chi connectivity index (χ0n) is 10.6. The molecule has 0 aliphatic heterocycles. The van der Waals surface area contributed by atoms with Gasteiger partial charge < -0.3 is 10.6 Å². The molecular formula is C13H20BrN3. The van der Waals surface area contributed by atoms with Gasteiger partial charge in [-0.05, 0) is 31.0 Å². The first-order valence-corrected chi connectivity index (χ1v) is 6.63. The molecule has 0 saturated heterocycles. The van der Waals surface area contributed by atoms with Crippen molar-refractivity contribution < 1.29 is 0 Å². The highest BCUT2D eigenvalue weighted by molar-refractivity contribution is 9.10. The number of anilines is 1. The van der Waals surface area contributed by atoms with Crippen LogP contribution < -0.4 is 10.6 Å². The number of nitrogens with zero attached hydrogens (tertiary/aromatic N) is 1. The smallest absolute Gasteiger partial charge is 0.124 e. The second-order valence-electron chi connectivity index (χ2n) is 4.51. The maximum absolute atomic E-state index is 7.65. The number of rotatable bonds is 5. The molecule has 17 heavy (non-hydrogen) atoms. The Kier molecular flexibility index (Phi) is 5.00. The standard InChI is InChI=1S/C13H20BrN3/c1-4-17(8-9(2)3)12-6-5-10(14)7-11(12)13(15)16/h5-7,9H,4,8H2,1-3H3,(H3,15,16). The normalized spacial score (nSPS) is 10.6. The zero-order chi connectivity index (χ0) is 13.0. The third-order valence-corrected chi connectivity index (χ3v) is 3.05. The van der Waals surface area contributed by atoms with Crippen LogP contribution in [0.15, 0.2) is 22.7 Å². The topological polar surface area (TPSA) is 53.1 Å². The van der Waals surface area contributed by atoms with E-state index in [1.165, 1.54) is 0 Å². The lowest BCUT2D eigenvalue weighted by molar-refractivity contribution is 0.618. The molecule has 0 radical (unpaired) electrons. The molecule has 3 N–H and O–H groups in total. The molecule has 1 aromatic rings. The van der Waals surface area contributed by atoms with Gasteiger partial charge in [-0.2, -0.15) is 0 Å². The summed E-state index contributed by atoms with van der Waals surface area (Å²) in [7, 11) is 0. The van der Waals surface area contributed by atoms with E-state index >= 15 is 0 Å². The van der Waals surface area contributed by atoms with Crippen LogP contribution in [0.4, 0.5) is 5.69 Å². The molecule has 0 unspecified atom stereocenters. The maximum Gasteiger partial charge on any atom is 0.124 e. The van der Waals surface area contributed by atoms with E-state index in [1.807, 2.05) is 18.2 Å². The Balaban J connectivity index is 3.14. The van der Waals surface area contributed by atoms with E-state index in [2.05, 4.69) is 41.6 Å². The van der Waals surface area contributed by atoms with Crippen molar-refractivity contribution in [1.82, 2.24) is 0 Å². The van der Waals surface area contributed by atoms with Gasteiger partial charge in [0.2, 0.25) is 0 Å². The van der Waals surface area contributed by atoms with Gasteiger partial charge >= 0.3 is 0 Å². The molecule has 1 rings (SSSR count). The van der Waals surface area contributed by atoms with E-state index in [4.69, 9.17) is 11.1 Å². The Bertz CT molecular complexity index is 402. The predicted molar refractivity (Wildman–Crippen MR) is 77.9 cm³/mol. The van der Waals surface area contributed by atoms with E-state index in [-0.39, 0.29) is 5.84 Å². The summed E-state index contributed by atoms with van der Waals surface area (Å²) in [6, 6.07) is 5.91. The summed E-state index contributed by atoms with van der Waals surface area (Å²) in [4.78, 5) is 2.26. The van der Waals surface area contributed by atoms with Crippen LogP contribution in [0.2, 0.25) is 0 Å². The SMILES string of the molecule is CCN(CC(C)C)c1ccc(Br)cc1C(=N)N. The summed E-state index contributed by atoms with van der Waals surface area (Å²) in [6.07, 6.45) is 0. The fourth-order valence-corrected chi connectivity index (χ4v) is 2.20. The van der Waals surface area contributed by atoms with Gasteiger partial charge in [0.25, 0.3) is 0 Å². The van der Waals surface area contributed by atoms with E-state index in [0.29, 0.717) is 5.92 Å². The summed E-state index contributed by atoms with van der Waals surface area (Å²) < 4.78 is 0.951. The molecule has 0 aliphatic rings. The number of hydrogen-bond acceptors (Lipinski definition) is 2. The van der Waals surface area contributed by atoms with Crippen molar-refractivity contribution in [3.05, 3.63) is 28.2 Å². The molecule has 4 heteroatoms. The first-order chi connectivity index (χ1) is 7.95. The molecule has 0 fully saturated rings. The van der Waals surface area contributed by atoms with E-state index in [1.54, 1.807) is 0 Å². The van der Waals surface area contributed by atoms with Crippen molar-refractivity contribution in [2.45, 2.75) is 20.8 Å². The average Bonchev–Trinajstić information content (AvgIpc) is 2.25. The lowest BCUT2D eigenvalue weighted by atomic mass is 10.1. The average molecular weight is 298 g/mol. The highest BCUT2D eigenvalue weighted by atomic mass is 79.9. The number of nitrogens with two attached hydrogens (primary N) is 1. The predicted octanol–water partition coefficient (Wildman–Crippen LogP) is 3.22. The lowest BCUT2D eigenvalue weighted by Gasteiger charge is -2.27. The molecule has 0 bridgehead atoms. The molecule has 0 aromatic heterocycles. The quantitative estimate of drug-likeness (QED) is 0.648. The van der Waals surface area contributed by atoms with Crippen molar-refractivity contribution in [2.75, 3.05) is 18.0 Å². The van der Waals surface area contributed by atoms with Gasteiger partial charge in [0.05, 0.1) is 0 Å². The number of benzene rings is 1. The Labute approximate surface area is 112 Å². The molecule has 0 spiro atoms. The summed E-state index contributed by atoms with van der Waals surface area (Å²) in [5.41, 5.74) is 7.47. The van der Waals surface area contributed by atoms with Crippen LogP contribution in [0.3, 0.4) is 0 Å². The van der Waals surface area contributed by atoms with Crippen molar-refractivity contribution >= 4 is 27.5 Å². The van der Waals surface area contributed by atoms with Gasteiger partial charge in [-0.25, -0.2) is 0 Å². The zero-order valence-corrected chi connectivity index (χ0v) is 12.2. The van der Waals surface area contributed by atoms with Crippen LogP contribution in [0.1, 0.15) is 26.3 Å². The van der Waals surface area contributed by atoms with Crippen molar-refractivity contribution in [1.29, 1.82) is 5.41 Å². The summed E-state index contributed by atoms with van der Waals surface area (Å²) in [6.45, 7) is 8.39. The first-order valence-electron chi connectivity index (χ1n) is 5.84. The molecule has 0 saturated carbocycles. The van der Waals surface area contributed by atoms with Crippen molar-refractivity contribution in [3.8, 4) is 0 Å². The number of amidine groups is 1. The first kappa shape index (κ1) is 14.0. The Morgan fingerprint density at radius 2 is 2.12 bits per heavy atom. The van der Waals surface area contributed by atoms with E-state index in [0.717, 1.165) is 28.8 Å². The number of nitrogens with one attached hydrogen (secondary N) is 1. The third-order valence-electron chi connectivity index (χ3n) is 2.56. The van der Waals surface area contributed by atoms with Crippen molar-refractivity contribution in [2.24, 2.45) is 11.7 Å². The fourth-order valence-electron chi connectivity index (χ4n) is 1.84. The highest BCUT2D eigenvalue weighted by Gasteiger charge is 2.13. The van der Waals surface area contributed by atoms with Crippen LogP contribution in [0.5, 0.6) is 0 Å². The fraction of sp³-hybridized carbons (Fsp3) is 0.462. The van der Waals surface area contributed by atoms with Crippen LogP contribution in [0.25, 0.3) is 0 Å². The van der Waals surface area contributed by atoms with Crippen LogP contribution in [-0.4, -0.2) is 18.9 Å². The molecule has 0 heterocycles. The van der Waals surface area contributed by atoms with Crippen molar-refractivity contribution in [3.63, 3.8) is 0 Å². The van der Waals surface area contributed by atoms with Gasteiger partial charge in [-0.15, -0.1) is 0 Å². The highest BCUT2D eigenvalue weighted by Crippen LogP contribution is 2.25. The van der Waals surface area contributed by atoms with Gasteiger partial charge in [0.1, 0.15) is 5.84 Å². The molecule has 0 amide bonds. The molecule has 3 nitrogen and oxygen atoms in total. The van der Waals surface area contributed by atoms with E-state index in [9.17, 15) is 0 Å². The van der Waals surface area contributed by atoms with Gasteiger partial charge in [-0.1, -0.05) is 29.8 Å². The summed E-state index contributed by atoms with van der Waals surface area (Å²) in [5.74, 6) is 0.696. The number of hydrogen-bond donors (Lipinski definition) is 2. The third kappa shape index (κ3) is 3.73. The Morgan fingerprint density at radius 3 is 2.59 bits per heavy atom. The Morgan fingerprint density at radius 1 is 1.47 bits per heavy atom. The molecule has 0 aliphatic carbocycles. The summed E-state index contributed by atoms with van der Waals surface area (Å²) >= 11 is 3.42. The second-order valence-corrected chi connectivity index (χ2v) is 5.42. The largest absolute Gasteiger partial charge is 0.384 e. The van der Waals surface area contributed by atoms with Gasteiger partial charge in [0, 0.05) is 28.8 Å². The Hall–Kier alpha value is -1.03. The van der Waals surface area contributed by atoms with Crippen LogP contribution >= 0.6 is 15.9 Å². The number of halogens is 1. The molecule has 1 aromatic carbocycles. The molecule has 94 valence electrons. The minimum atomic E-state index is 0.114. The lowest BCUT2D eigenvalue weighted by Crippen LogP contribution is -2.29. The van der Waals surface area contributed by atoms with Gasteiger partial charge in [0.15, 0.2) is 0 Å². The maximum atomic E-state index is 7.65. The van der Waals surface area contributed by atoms with E-state index < -0.39 is 0 Å². The summed E-state index contributed by atoms with van der Waals surface area (Å²) in [5, 5.41) is 7.65. The minimum Gasteiger partial charge on any atom is -0.384 e. The molecule has 0 atom stereocenters. The second kappa shape index (κ2) is 6.05. The minimum absolute atomic E-state index is 0.114. The van der Waals surface area contributed by atoms with Crippen LogP contribution in [-0.2, 0) is 0 Å². The van der Waals surface area contributed by atoms with Gasteiger partial charge in [-0.3, -0.25) is 5.41 Å². The van der Waals surface area contributed by atoms with Crippen LogP contribution in [0, 0.1) is 11.3 Å². The monoisotopic (exact) mass is 297 g/mol. The molecular weight excluding hydrogens is 278 g/mol.